The van der Waals surface area contributed by atoms with E-state index in [1.807, 2.05) is 17.9 Å². The van der Waals surface area contributed by atoms with Gasteiger partial charge in [-0.05, 0) is 19.4 Å². The third-order valence-corrected chi connectivity index (χ3v) is 2.37. The van der Waals surface area contributed by atoms with Gasteiger partial charge in [0.1, 0.15) is 0 Å². The number of aromatic nitrogens is 2. The Labute approximate surface area is 91.7 Å². The maximum absolute atomic E-state index is 5.06. The summed E-state index contributed by atoms with van der Waals surface area (Å²) in [4.78, 5) is 4.37. The Kier molecular flexibility index (Phi) is 5.36. The van der Waals surface area contributed by atoms with Gasteiger partial charge in [0.25, 0.3) is 0 Å². The molecule has 0 radical (unpaired) electrons. The van der Waals surface area contributed by atoms with Crippen molar-refractivity contribution < 1.29 is 4.74 Å². The van der Waals surface area contributed by atoms with Crippen molar-refractivity contribution in [1.82, 2.24) is 14.9 Å². The first-order chi connectivity index (χ1) is 7.27. The van der Waals surface area contributed by atoms with Crippen molar-refractivity contribution in [1.29, 1.82) is 0 Å². The monoisotopic (exact) mass is 211 g/mol. The first-order valence-electron chi connectivity index (χ1n) is 5.48. The molecule has 1 aromatic rings. The van der Waals surface area contributed by atoms with Crippen LogP contribution in [0.1, 0.15) is 31.5 Å². The molecule has 0 aliphatic carbocycles. The first kappa shape index (κ1) is 12.2. The molecule has 4 heteroatoms. The third kappa shape index (κ3) is 4.01. The summed E-state index contributed by atoms with van der Waals surface area (Å²) >= 11 is 0. The summed E-state index contributed by atoms with van der Waals surface area (Å²) < 4.78 is 7.04. The van der Waals surface area contributed by atoms with Crippen LogP contribution < -0.4 is 5.32 Å². The summed E-state index contributed by atoms with van der Waals surface area (Å²) in [5.41, 5.74) is 1.12. The molecule has 0 saturated heterocycles. The second-order valence-corrected chi connectivity index (χ2v) is 3.71. The second-order valence-electron chi connectivity index (χ2n) is 3.71. The van der Waals surface area contributed by atoms with E-state index in [1.165, 1.54) is 0 Å². The minimum absolute atomic E-state index is 0.353. The topological polar surface area (TPSA) is 39.1 Å². The van der Waals surface area contributed by atoms with Gasteiger partial charge in [0, 0.05) is 27.0 Å². The molecule has 0 aliphatic rings. The predicted octanol–water partition coefficient (Wildman–Crippen LogP) is 1.50. The average Bonchev–Trinajstić information content (AvgIpc) is 2.64. The number of imidazole rings is 1. The molecule has 1 N–H and O–H groups in total. The number of nitrogens with one attached hydrogen (secondary N) is 1. The lowest BCUT2D eigenvalue weighted by molar-refractivity contribution is 0.188. The van der Waals surface area contributed by atoms with Gasteiger partial charge in [-0.1, -0.05) is 6.92 Å². The smallest absolute Gasteiger partial charge is 0.0947 e. The first-order valence-corrected chi connectivity index (χ1v) is 5.48. The highest BCUT2D eigenvalue weighted by Crippen LogP contribution is 2.15. The number of nitrogens with zero attached hydrogens (tertiary/aromatic N) is 2. The Morgan fingerprint density at radius 1 is 1.60 bits per heavy atom. The molecule has 1 rings (SSSR count). The molecule has 4 nitrogen and oxygen atoms in total. The van der Waals surface area contributed by atoms with Crippen molar-refractivity contribution in [3.8, 4) is 0 Å². The van der Waals surface area contributed by atoms with E-state index >= 15 is 0 Å². The van der Waals surface area contributed by atoms with Gasteiger partial charge in [-0.2, -0.15) is 0 Å². The molecule has 0 saturated carbocycles. The lowest BCUT2D eigenvalue weighted by Crippen LogP contribution is -2.21. The quantitative estimate of drug-likeness (QED) is 0.695. The van der Waals surface area contributed by atoms with Crippen molar-refractivity contribution in [2.45, 2.75) is 25.8 Å². The number of hydrogen-bond acceptors (Lipinski definition) is 3. The van der Waals surface area contributed by atoms with Crippen LogP contribution in [-0.4, -0.2) is 29.8 Å². The van der Waals surface area contributed by atoms with Crippen LogP contribution in [0.4, 0.5) is 0 Å². The van der Waals surface area contributed by atoms with Gasteiger partial charge >= 0.3 is 0 Å². The minimum atomic E-state index is 0.353. The molecule has 0 aromatic carbocycles. The molecule has 1 heterocycles. The van der Waals surface area contributed by atoms with Crippen molar-refractivity contribution >= 4 is 0 Å². The van der Waals surface area contributed by atoms with Crippen molar-refractivity contribution in [3.63, 3.8) is 0 Å². The van der Waals surface area contributed by atoms with Crippen LogP contribution in [0.2, 0.25) is 0 Å². The fraction of sp³-hybridized carbons (Fsp3) is 0.727. The lowest BCUT2D eigenvalue weighted by atomic mass is 10.1. The highest BCUT2D eigenvalue weighted by atomic mass is 16.5. The number of rotatable bonds is 7. The van der Waals surface area contributed by atoms with Crippen LogP contribution >= 0.6 is 0 Å². The van der Waals surface area contributed by atoms with Crippen molar-refractivity contribution in [2.75, 3.05) is 20.3 Å². The molecule has 1 atom stereocenters. The van der Waals surface area contributed by atoms with E-state index in [1.54, 1.807) is 7.11 Å². The third-order valence-electron chi connectivity index (χ3n) is 2.37. The Bertz CT molecular complexity index is 273. The molecule has 86 valence electrons. The van der Waals surface area contributed by atoms with Gasteiger partial charge in [0.15, 0.2) is 0 Å². The maximum Gasteiger partial charge on any atom is 0.0947 e. The molecular weight excluding hydrogens is 190 g/mol. The van der Waals surface area contributed by atoms with E-state index in [9.17, 15) is 0 Å². The normalized spacial score (nSPS) is 13.0. The van der Waals surface area contributed by atoms with Gasteiger partial charge in [-0.15, -0.1) is 0 Å². The largest absolute Gasteiger partial charge is 0.385 e. The van der Waals surface area contributed by atoms with Crippen LogP contribution in [0.3, 0.4) is 0 Å². The predicted molar refractivity (Wildman–Crippen MR) is 60.7 cm³/mol. The summed E-state index contributed by atoms with van der Waals surface area (Å²) in [5.74, 6) is 0. The van der Waals surface area contributed by atoms with Gasteiger partial charge < -0.3 is 14.6 Å². The Morgan fingerprint density at radius 2 is 2.40 bits per heavy atom. The molecule has 1 aromatic heterocycles. The number of methoxy groups -OCH3 is 1. The highest BCUT2D eigenvalue weighted by molar-refractivity contribution is 5.03. The van der Waals surface area contributed by atoms with Gasteiger partial charge in [-0.25, -0.2) is 4.98 Å². The van der Waals surface area contributed by atoms with E-state index in [2.05, 4.69) is 23.4 Å². The zero-order valence-corrected chi connectivity index (χ0v) is 9.86. The standard InChI is InChI=1S/C11H21N3O/c1-4-12-10(6-5-7-15-3)11-8-14(2)9-13-11/h8-10,12H,4-7H2,1-3H3. The van der Waals surface area contributed by atoms with Crippen LogP contribution in [0.25, 0.3) is 0 Å². The van der Waals surface area contributed by atoms with Gasteiger partial charge in [-0.3, -0.25) is 0 Å². The summed E-state index contributed by atoms with van der Waals surface area (Å²) in [6, 6.07) is 0.353. The molecule has 0 amide bonds. The molecule has 0 bridgehead atoms. The number of hydrogen-bond donors (Lipinski definition) is 1. The SMILES string of the molecule is CCNC(CCCOC)c1cn(C)cn1. The van der Waals surface area contributed by atoms with Crippen LogP contribution in [0.15, 0.2) is 12.5 Å². The van der Waals surface area contributed by atoms with E-state index in [0.29, 0.717) is 6.04 Å². The van der Waals surface area contributed by atoms with E-state index < -0.39 is 0 Å². The maximum atomic E-state index is 5.06. The molecule has 1 unspecified atom stereocenters. The number of aryl methyl sites for hydroxylation is 1. The van der Waals surface area contributed by atoms with Crippen LogP contribution in [0, 0.1) is 0 Å². The van der Waals surface area contributed by atoms with Crippen molar-refractivity contribution in [3.05, 3.63) is 18.2 Å². The van der Waals surface area contributed by atoms with Crippen LogP contribution in [-0.2, 0) is 11.8 Å². The van der Waals surface area contributed by atoms with E-state index in [4.69, 9.17) is 4.74 Å². The average molecular weight is 211 g/mol. The van der Waals surface area contributed by atoms with Crippen molar-refractivity contribution in [2.24, 2.45) is 7.05 Å². The van der Waals surface area contributed by atoms with Crippen LogP contribution in [0.5, 0.6) is 0 Å². The number of ether oxygens (including phenoxy) is 1. The fourth-order valence-electron chi connectivity index (χ4n) is 1.65. The molecule has 0 spiro atoms. The zero-order valence-electron chi connectivity index (χ0n) is 9.86. The summed E-state index contributed by atoms with van der Waals surface area (Å²) in [6.07, 6.45) is 6.04. The van der Waals surface area contributed by atoms with Gasteiger partial charge in [0.2, 0.25) is 0 Å². The summed E-state index contributed by atoms with van der Waals surface area (Å²) in [6.45, 7) is 3.90. The minimum Gasteiger partial charge on any atom is -0.385 e. The zero-order chi connectivity index (χ0) is 11.1. The molecule has 0 fully saturated rings. The Balaban J connectivity index is 2.49. The fourth-order valence-corrected chi connectivity index (χ4v) is 1.65. The lowest BCUT2D eigenvalue weighted by Gasteiger charge is -2.15. The molecule has 15 heavy (non-hydrogen) atoms. The highest BCUT2D eigenvalue weighted by Gasteiger charge is 2.11. The van der Waals surface area contributed by atoms with E-state index in [0.717, 1.165) is 31.7 Å². The molecule has 0 aliphatic heterocycles. The van der Waals surface area contributed by atoms with Gasteiger partial charge in [0.05, 0.1) is 18.1 Å². The second kappa shape index (κ2) is 6.58. The molecular formula is C11H21N3O. The Hall–Kier alpha value is -0.870. The summed E-state index contributed by atoms with van der Waals surface area (Å²) in [5, 5.41) is 3.44. The summed E-state index contributed by atoms with van der Waals surface area (Å²) in [7, 11) is 3.73. The van der Waals surface area contributed by atoms with E-state index in [-0.39, 0.29) is 0 Å². The Morgan fingerprint density at radius 3 is 2.93 bits per heavy atom.